The number of benzene rings is 2. The maximum Gasteiger partial charge on any atom is 0.271 e. The molecule has 2 aromatic rings. The van der Waals surface area contributed by atoms with Gasteiger partial charge in [-0.15, -0.1) is 0 Å². The van der Waals surface area contributed by atoms with Gasteiger partial charge in [-0.25, -0.2) is 5.43 Å². The topological polar surface area (TPSA) is 50.7 Å². The molecule has 2 rings (SSSR count). The Kier molecular flexibility index (Phi) is 5.98. The number of rotatable bonds is 5. The third-order valence-electron chi connectivity index (χ3n) is 2.74. The number of halogens is 2. The highest BCUT2D eigenvalue weighted by Gasteiger charge is 2.04. The van der Waals surface area contributed by atoms with Gasteiger partial charge >= 0.3 is 0 Å². The van der Waals surface area contributed by atoms with Crippen molar-refractivity contribution >= 4 is 39.7 Å². The fourth-order valence-corrected chi connectivity index (χ4v) is 2.34. The predicted octanol–water partition coefficient (Wildman–Crippen LogP) is 4.27. The number of ether oxygens (including phenoxy) is 1. The second-order valence-corrected chi connectivity index (χ2v) is 5.62. The first-order chi connectivity index (χ1) is 10.6. The molecule has 6 heteroatoms. The molecule has 0 bridgehead atoms. The minimum absolute atomic E-state index is 0.294. The molecule has 4 nitrogen and oxygen atoms in total. The minimum atomic E-state index is -0.294. The van der Waals surface area contributed by atoms with Crippen LogP contribution in [0.3, 0.4) is 0 Å². The molecule has 0 aliphatic carbocycles. The van der Waals surface area contributed by atoms with Crippen LogP contribution in [0, 0.1) is 0 Å². The van der Waals surface area contributed by atoms with Crippen molar-refractivity contribution in [2.24, 2.45) is 5.10 Å². The first-order valence-electron chi connectivity index (χ1n) is 6.61. The summed E-state index contributed by atoms with van der Waals surface area (Å²) in [6, 6.07) is 12.2. The summed E-state index contributed by atoms with van der Waals surface area (Å²) in [7, 11) is 0. The highest BCUT2D eigenvalue weighted by molar-refractivity contribution is 9.10. The Balaban J connectivity index is 1.98. The van der Waals surface area contributed by atoms with Crippen LogP contribution in [-0.2, 0) is 0 Å². The Hall–Kier alpha value is -1.85. The van der Waals surface area contributed by atoms with E-state index in [1.807, 2.05) is 25.1 Å². The van der Waals surface area contributed by atoms with Crippen molar-refractivity contribution in [2.45, 2.75) is 6.92 Å². The van der Waals surface area contributed by atoms with Crippen LogP contribution in [0.4, 0.5) is 0 Å². The van der Waals surface area contributed by atoms with Crippen molar-refractivity contribution in [3.63, 3.8) is 0 Å². The van der Waals surface area contributed by atoms with Crippen LogP contribution in [-0.4, -0.2) is 18.7 Å². The third-order valence-corrected chi connectivity index (χ3v) is 3.61. The zero-order valence-corrected chi connectivity index (χ0v) is 14.2. The van der Waals surface area contributed by atoms with Crippen molar-refractivity contribution in [3.05, 3.63) is 63.1 Å². The van der Waals surface area contributed by atoms with E-state index >= 15 is 0 Å². The molecule has 0 spiro atoms. The SMILES string of the molecule is CCOc1ccc(/C=N\NC(=O)c2ccc(Cl)cc2)cc1Br. The minimum Gasteiger partial charge on any atom is -0.493 e. The fraction of sp³-hybridized carbons (Fsp3) is 0.125. The second-order valence-electron chi connectivity index (χ2n) is 4.33. The Morgan fingerprint density at radius 3 is 2.68 bits per heavy atom. The predicted molar refractivity (Wildman–Crippen MR) is 91.8 cm³/mol. The number of nitrogens with zero attached hydrogens (tertiary/aromatic N) is 1. The quantitative estimate of drug-likeness (QED) is 0.621. The van der Waals surface area contributed by atoms with Gasteiger partial charge in [0.1, 0.15) is 5.75 Å². The highest BCUT2D eigenvalue weighted by atomic mass is 79.9. The molecular formula is C16H14BrClN2O2. The first-order valence-corrected chi connectivity index (χ1v) is 7.78. The Bertz CT molecular complexity index is 687. The number of hydrazone groups is 1. The van der Waals surface area contributed by atoms with Gasteiger partial charge < -0.3 is 4.74 Å². The molecular weight excluding hydrogens is 368 g/mol. The summed E-state index contributed by atoms with van der Waals surface area (Å²) in [6.07, 6.45) is 1.56. The van der Waals surface area contributed by atoms with Crippen molar-refractivity contribution in [3.8, 4) is 5.75 Å². The standard InChI is InChI=1S/C16H14BrClN2O2/c1-2-22-15-8-3-11(9-14(15)17)10-19-20-16(21)12-4-6-13(18)7-5-12/h3-10H,2H2,1H3,(H,20,21)/b19-10-. The average molecular weight is 382 g/mol. The van der Waals surface area contributed by atoms with Crippen molar-refractivity contribution in [1.82, 2.24) is 5.43 Å². The van der Waals surface area contributed by atoms with Gasteiger partial charge in [-0.2, -0.15) is 5.10 Å². The molecule has 0 aliphatic rings. The van der Waals surface area contributed by atoms with E-state index in [2.05, 4.69) is 26.5 Å². The van der Waals surface area contributed by atoms with Gasteiger partial charge in [0.05, 0.1) is 17.3 Å². The lowest BCUT2D eigenvalue weighted by Gasteiger charge is -2.05. The number of hydrogen-bond donors (Lipinski definition) is 1. The van der Waals surface area contributed by atoms with Gasteiger partial charge in [0.15, 0.2) is 0 Å². The molecule has 114 valence electrons. The third kappa shape index (κ3) is 4.58. The molecule has 0 saturated carbocycles. The van der Waals surface area contributed by atoms with Crippen LogP contribution in [0.25, 0.3) is 0 Å². The molecule has 1 N–H and O–H groups in total. The van der Waals surface area contributed by atoms with Crippen LogP contribution in [0.15, 0.2) is 52.0 Å². The average Bonchev–Trinajstić information content (AvgIpc) is 2.50. The molecule has 0 unspecified atom stereocenters. The molecule has 0 aromatic heterocycles. The van der Waals surface area contributed by atoms with Crippen LogP contribution in [0.2, 0.25) is 5.02 Å². The fourth-order valence-electron chi connectivity index (χ4n) is 1.70. The second kappa shape index (κ2) is 7.96. The molecule has 2 aromatic carbocycles. The Morgan fingerprint density at radius 1 is 1.32 bits per heavy atom. The van der Waals surface area contributed by atoms with Crippen LogP contribution in [0.5, 0.6) is 5.75 Å². The number of carbonyl (C=O) groups is 1. The van der Waals surface area contributed by atoms with E-state index in [9.17, 15) is 4.79 Å². The van der Waals surface area contributed by atoms with Crippen LogP contribution >= 0.6 is 27.5 Å². The van der Waals surface area contributed by atoms with Crippen LogP contribution < -0.4 is 10.2 Å². The zero-order valence-electron chi connectivity index (χ0n) is 11.8. The summed E-state index contributed by atoms with van der Waals surface area (Å²) < 4.78 is 6.27. The zero-order chi connectivity index (χ0) is 15.9. The number of hydrogen-bond acceptors (Lipinski definition) is 3. The molecule has 0 heterocycles. The van der Waals surface area contributed by atoms with Crippen LogP contribution in [0.1, 0.15) is 22.8 Å². The van der Waals surface area contributed by atoms with Gasteiger partial charge in [0.2, 0.25) is 0 Å². The Labute approximate surface area is 142 Å². The maximum atomic E-state index is 11.9. The van der Waals surface area contributed by atoms with Crippen molar-refractivity contribution in [2.75, 3.05) is 6.61 Å². The van der Waals surface area contributed by atoms with Gasteiger partial charge in [-0.05, 0) is 70.9 Å². The summed E-state index contributed by atoms with van der Waals surface area (Å²) in [4.78, 5) is 11.9. The molecule has 0 aliphatic heterocycles. The van der Waals surface area contributed by atoms with E-state index in [1.165, 1.54) is 0 Å². The van der Waals surface area contributed by atoms with Gasteiger partial charge in [-0.3, -0.25) is 4.79 Å². The first kappa shape index (κ1) is 16.5. The molecule has 0 atom stereocenters. The van der Waals surface area contributed by atoms with Crippen molar-refractivity contribution < 1.29 is 9.53 Å². The molecule has 22 heavy (non-hydrogen) atoms. The lowest BCUT2D eigenvalue weighted by atomic mass is 10.2. The number of amides is 1. The molecule has 0 radical (unpaired) electrons. The summed E-state index contributed by atoms with van der Waals surface area (Å²) in [5, 5.41) is 4.52. The number of carbonyl (C=O) groups excluding carboxylic acids is 1. The lowest BCUT2D eigenvalue weighted by molar-refractivity contribution is 0.0955. The lowest BCUT2D eigenvalue weighted by Crippen LogP contribution is -2.17. The maximum absolute atomic E-state index is 11.9. The van der Waals surface area contributed by atoms with Gasteiger partial charge in [0.25, 0.3) is 5.91 Å². The highest BCUT2D eigenvalue weighted by Crippen LogP contribution is 2.25. The van der Waals surface area contributed by atoms with Crippen molar-refractivity contribution in [1.29, 1.82) is 0 Å². The number of nitrogens with one attached hydrogen (secondary N) is 1. The Morgan fingerprint density at radius 2 is 2.05 bits per heavy atom. The van der Waals surface area contributed by atoms with E-state index < -0.39 is 0 Å². The van der Waals surface area contributed by atoms with E-state index in [0.29, 0.717) is 17.2 Å². The summed E-state index contributed by atoms with van der Waals surface area (Å²) >= 11 is 9.20. The molecule has 1 amide bonds. The van der Waals surface area contributed by atoms with E-state index in [1.54, 1.807) is 30.5 Å². The largest absolute Gasteiger partial charge is 0.493 e. The summed E-state index contributed by atoms with van der Waals surface area (Å²) in [5.74, 6) is 0.475. The van der Waals surface area contributed by atoms with E-state index in [4.69, 9.17) is 16.3 Å². The van der Waals surface area contributed by atoms with Gasteiger partial charge in [0, 0.05) is 10.6 Å². The molecule has 0 fully saturated rings. The smallest absolute Gasteiger partial charge is 0.271 e. The molecule has 0 saturated heterocycles. The monoisotopic (exact) mass is 380 g/mol. The van der Waals surface area contributed by atoms with Gasteiger partial charge in [-0.1, -0.05) is 11.6 Å². The van der Waals surface area contributed by atoms with E-state index in [-0.39, 0.29) is 5.91 Å². The normalized spacial score (nSPS) is 10.7. The summed E-state index contributed by atoms with van der Waals surface area (Å²) in [6.45, 7) is 2.53. The van der Waals surface area contributed by atoms with E-state index in [0.717, 1.165) is 15.8 Å². The summed E-state index contributed by atoms with van der Waals surface area (Å²) in [5.41, 5.74) is 3.80.